The van der Waals surface area contributed by atoms with E-state index in [1.165, 1.54) is 0 Å². The van der Waals surface area contributed by atoms with Crippen LogP contribution < -0.4 is 4.87 Å². The number of thiazole rings is 1. The summed E-state index contributed by atoms with van der Waals surface area (Å²) in [5.41, 5.74) is 0.956. The fraction of sp³-hybridized carbons (Fsp3) is 0.556. The zero-order valence-corrected chi connectivity index (χ0v) is 8.88. The molecular weight excluding hydrogens is 218 g/mol. The van der Waals surface area contributed by atoms with Crippen molar-refractivity contribution in [3.63, 3.8) is 0 Å². The minimum atomic E-state index is -0.881. The highest BCUT2D eigenvalue weighted by molar-refractivity contribution is 7.09. The molecule has 0 spiro atoms. The van der Waals surface area contributed by atoms with Gasteiger partial charge in [0.2, 0.25) is 0 Å². The van der Waals surface area contributed by atoms with Gasteiger partial charge < -0.3 is 14.4 Å². The zero-order chi connectivity index (χ0) is 10.8. The van der Waals surface area contributed by atoms with E-state index in [1.54, 1.807) is 4.57 Å². The Morgan fingerprint density at radius 2 is 2.40 bits per heavy atom. The van der Waals surface area contributed by atoms with Crippen molar-refractivity contribution in [2.24, 2.45) is 0 Å². The maximum absolute atomic E-state index is 11.6. The number of carbonyl (C=O) groups is 1. The molecule has 0 unspecified atom stereocenters. The number of hydrogen-bond donors (Lipinski definition) is 1. The number of ether oxygens (including phenoxy) is 1. The van der Waals surface area contributed by atoms with Crippen LogP contribution in [0.2, 0.25) is 0 Å². The van der Waals surface area contributed by atoms with Crippen molar-refractivity contribution in [3.05, 3.63) is 20.2 Å². The molecule has 5 nitrogen and oxygen atoms in total. The van der Waals surface area contributed by atoms with Crippen molar-refractivity contribution in [2.45, 2.75) is 26.0 Å². The van der Waals surface area contributed by atoms with E-state index in [-0.39, 0.29) is 17.8 Å². The van der Waals surface area contributed by atoms with E-state index in [0.29, 0.717) is 19.6 Å². The highest BCUT2D eigenvalue weighted by Gasteiger charge is 2.18. The number of aliphatic carboxylic acids is 1. The number of hydrogen-bond acceptors (Lipinski definition) is 4. The molecule has 2 heterocycles. The quantitative estimate of drug-likeness (QED) is 0.817. The molecule has 1 aliphatic heterocycles. The smallest absolute Gasteiger partial charge is 0.307 e. The number of fused-ring (bicyclic) bond motifs is 1. The van der Waals surface area contributed by atoms with Gasteiger partial charge in [0, 0.05) is 18.7 Å². The van der Waals surface area contributed by atoms with Crippen LogP contribution in [0.4, 0.5) is 0 Å². The van der Waals surface area contributed by atoms with Gasteiger partial charge in [0.05, 0.1) is 24.5 Å². The maximum Gasteiger partial charge on any atom is 0.307 e. The molecule has 6 heteroatoms. The Morgan fingerprint density at radius 3 is 3.13 bits per heavy atom. The van der Waals surface area contributed by atoms with Gasteiger partial charge in [-0.25, -0.2) is 0 Å². The first-order valence-electron chi connectivity index (χ1n) is 4.69. The van der Waals surface area contributed by atoms with E-state index >= 15 is 0 Å². The molecule has 0 aliphatic carbocycles. The van der Waals surface area contributed by atoms with Gasteiger partial charge >= 0.3 is 10.8 Å². The van der Waals surface area contributed by atoms with E-state index in [2.05, 4.69) is 0 Å². The summed E-state index contributed by atoms with van der Waals surface area (Å²) in [4.78, 5) is 22.9. The molecule has 15 heavy (non-hydrogen) atoms. The molecule has 0 amide bonds. The second kappa shape index (κ2) is 4.16. The summed E-state index contributed by atoms with van der Waals surface area (Å²) < 4.78 is 6.80. The van der Waals surface area contributed by atoms with Crippen LogP contribution in [0.1, 0.15) is 17.0 Å². The third kappa shape index (κ3) is 2.10. The Labute approximate surface area is 89.9 Å². The average molecular weight is 229 g/mol. The predicted molar refractivity (Wildman–Crippen MR) is 54.2 cm³/mol. The largest absolute Gasteiger partial charge is 0.481 e. The molecule has 0 fully saturated rings. The van der Waals surface area contributed by atoms with Gasteiger partial charge in [-0.2, -0.15) is 0 Å². The monoisotopic (exact) mass is 229 g/mol. The Kier molecular flexibility index (Phi) is 2.88. The highest BCUT2D eigenvalue weighted by Crippen LogP contribution is 2.19. The standard InChI is InChI=1S/C9H11NO4S/c11-8(12)1-3-10-6-2-4-14-5-7(6)15-9(10)13/h1-5H2,(H,11,12). The summed E-state index contributed by atoms with van der Waals surface area (Å²) in [6.07, 6.45) is 0.692. The van der Waals surface area contributed by atoms with Crippen LogP contribution in [0.5, 0.6) is 0 Å². The summed E-state index contributed by atoms with van der Waals surface area (Å²) in [6, 6.07) is 0. The number of carboxylic acids is 1. The number of nitrogens with zero attached hydrogens (tertiary/aromatic N) is 1. The first-order valence-corrected chi connectivity index (χ1v) is 5.51. The van der Waals surface area contributed by atoms with E-state index < -0.39 is 5.97 Å². The van der Waals surface area contributed by atoms with Gasteiger partial charge in [-0.1, -0.05) is 11.3 Å². The van der Waals surface area contributed by atoms with Gasteiger partial charge in [0.15, 0.2) is 0 Å². The third-order valence-corrected chi connectivity index (χ3v) is 3.34. The first-order chi connectivity index (χ1) is 7.18. The minimum absolute atomic E-state index is 0.00998. The molecule has 1 aliphatic rings. The number of aromatic nitrogens is 1. The number of rotatable bonds is 3. The van der Waals surface area contributed by atoms with Crippen LogP contribution in [-0.4, -0.2) is 22.2 Å². The van der Waals surface area contributed by atoms with Crippen molar-refractivity contribution in [3.8, 4) is 0 Å². The van der Waals surface area contributed by atoms with Crippen molar-refractivity contribution in [2.75, 3.05) is 6.61 Å². The van der Waals surface area contributed by atoms with Crippen LogP contribution in [0.15, 0.2) is 4.79 Å². The van der Waals surface area contributed by atoms with E-state index in [4.69, 9.17) is 9.84 Å². The minimum Gasteiger partial charge on any atom is -0.481 e. The highest BCUT2D eigenvalue weighted by atomic mass is 32.1. The molecule has 82 valence electrons. The summed E-state index contributed by atoms with van der Waals surface area (Å²) in [7, 11) is 0. The zero-order valence-electron chi connectivity index (χ0n) is 8.06. The normalized spacial score (nSPS) is 14.9. The van der Waals surface area contributed by atoms with Gasteiger partial charge in [-0.15, -0.1) is 0 Å². The van der Waals surface area contributed by atoms with Gasteiger partial charge in [0.1, 0.15) is 0 Å². The molecule has 0 bridgehead atoms. The second-order valence-electron chi connectivity index (χ2n) is 3.34. The molecule has 0 saturated carbocycles. The van der Waals surface area contributed by atoms with Crippen LogP contribution >= 0.6 is 11.3 Å². The summed E-state index contributed by atoms with van der Waals surface area (Å²) in [5.74, 6) is -0.881. The van der Waals surface area contributed by atoms with Crippen LogP contribution in [0.3, 0.4) is 0 Å². The molecule has 1 aromatic heterocycles. The molecule has 0 aromatic carbocycles. The lowest BCUT2D eigenvalue weighted by molar-refractivity contribution is -0.137. The lowest BCUT2D eigenvalue weighted by atomic mass is 10.2. The van der Waals surface area contributed by atoms with Crippen molar-refractivity contribution in [1.29, 1.82) is 0 Å². The Bertz CT molecular complexity index is 434. The summed E-state index contributed by atoms with van der Waals surface area (Å²) >= 11 is 1.16. The topological polar surface area (TPSA) is 68.5 Å². The van der Waals surface area contributed by atoms with Gasteiger partial charge in [-0.3, -0.25) is 9.59 Å². The third-order valence-electron chi connectivity index (χ3n) is 2.34. The molecule has 1 aromatic rings. The lowest BCUT2D eigenvalue weighted by Gasteiger charge is -2.13. The average Bonchev–Trinajstić information content (AvgIpc) is 2.50. The van der Waals surface area contributed by atoms with Crippen molar-refractivity contribution < 1.29 is 14.6 Å². The molecule has 0 radical (unpaired) electrons. The fourth-order valence-corrected chi connectivity index (χ4v) is 2.63. The summed E-state index contributed by atoms with van der Waals surface area (Å²) in [5, 5.41) is 8.57. The Hall–Kier alpha value is -1.14. The van der Waals surface area contributed by atoms with Crippen molar-refractivity contribution in [1.82, 2.24) is 4.57 Å². The van der Waals surface area contributed by atoms with Crippen molar-refractivity contribution >= 4 is 17.3 Å². The Morgan fingerprint density at radius 1 is 1.60 bits per heavy atom. The predicted octanol–water partition coefficient (Wildman–Crippen LogP) is 0.457. The number of carboxylic acid groups (broad SMARTS) is 1. The molecule has 2 rings (SSSR count). The SMILES string of the molecule is O=C(O)CCn1c2c(sc1=O)COCC2. The van der Waals surface area contributed by atoms with E-state index in [9.17, 15) is 9.59 Å². The molecule has 1 N–H and O–H groups in total. The maximum atomic E-state index is 11.6. The lowest BCUT2D eigenvalue weighted by Crippen LogP contribution is -2.20. The van der Waals surface area contributed by atoms with E-state index in [1.807, 2.05) is 0 Å². The van der Waals surface area contributed by atoms with Crippen LogP contribution in [-0.2, 0) is 29.1 Å². The Balaban J connectivity index is 2.26. The van der Waals surface area contributed by atoms with Gasteiger partial charge in [-0.05, 0) is 0 Å². The summed E-state index contributed by atoms with van der Waals surface area (Å²) in [6.45, 7) is 1.35. The van der Waals surface area contributed by atoms with Crippen LogP contribution in [0, 0.1) is 0 Å². The van der Waals surface area contributed by atoms with Crippen LogP contribution in [0.25, 0.3) is 0 Å². The molecule has 0 atom stereocenters. The first kappa shape index (κ1) is 10.4. The van der Waals surface area contributed by atoms with E-state index in [0.717, 1.165) is 21.9 Å². The van der Waals surface area contributed by atoms with Gasteiger partial charge in [0.25, 0.3) is 0 Å². The fourth-order valence-electron chi connectivity index (χ4n) is 1.63. The molecule has 0 saturated heterocycles. The second-order valence-corrected chi connectivity index (χ2v) is 4.38. The molecular formula is C9H11NO4S.